The predicted molar refractivity (Wildman–Crippen MR) is 160 cm³/mol. The predicted octanol–water partition coefficient (Wildman–Crippen LogP) is -2.72. The second-order valence-corrected chi connectivity index (χ2v) is 12.1. The molecule has 4 unspecified atom stereocenters. The van der Waals surface area contributed by atoms with Gasteiger partial charge in [0, 0.05) is 28.9 Å². The van der Waals surface area contributed by atoms with Crippen LogP contribution in [0, 0.1) is 18.8 Å². The van der Waals surface area contributed by atoms with Crippen LogP contribution < -0.4 is 9.47 Å². The van der Waals surface area contributed by atoms with Crippen molar-refractivity contribution in [3.63, 3.8) is 0 Å². The normalized spacial score (nSPS) is 38.8. The Kier molecular flexibility index (Phi) is 11.1. The first-order valence-corrected chi connectivity index (χ1v) is 15.4. The molecule has 48 heavy (non-hydrogen) atoms. The summed E-state index contributed by atoms with van der Waals surface area (Å²) in [6.45, 7) is 2.10. The third kappa shape index (κ3) is 5.99. The number of fused-ring (bicyclic) bond motifs is 1. The lowest BCUT2D eigenvalue weighted by atomic mass is 9.72. The Morgan fingerprint density at radius 1 is 0.833 bits per heavy atom. The summed E-state index contributed by atoms with van der Waals surface area (Å²) in [5.74, 6) is -5.05. The van der Waals surface area contributed by atoms with E-state index in [1.807, 2.05) is 0 Å². The summed E-state index contributed by atoms with van der Waals surface area (Å²) in [7, 11) is 2.73. The minimum atomic E-state index is -2.60. The average molecular weight is 684 g/mol. The largest absolute Gasteiger partial charge is 0.493 e. The molecule has 1 aromatic rings. The fourth-order valence-corrected chi connectivity index (χ4v) is 7.04. The molecule has 5 rings (SSSR count). The molecule has 13 atom stereocenters. The van der Waals surface area contributed by atoms with Crippen LogP contribution in [0.3, 0.4) is 0 Å². The molecule has 1 radical (unpaired) electrons. The van der Waals surface area contributed by atoms with Crippen LogP contribution in [0.25, 0.3) is 0 Å². The van der Waals surface area contributed by atoms with Crippen LogP contribution in [0.1, 0.15) is 17.9 Å². The summed E-state index contributed by atoms with van der Waals surface area (Å²) in [6, 6.07) is 4.62. The summed E-state index contributed by atoms with van der Waals surface area (Å²) in [4.78, 5) is 0. The highest BCUT2D eigenvalue weighted by atomic mass is 16.7. The van der Waals surface area contributed by atoms with Crippen molar-refractivity contribution in [1.82, 2.24) is 0 Å². The van der Waals surface area contributed by atoms with Gasteiger partial charge in [-0.25, -0.2) is 0 Å². The van der Waals surface area contributed by atoms with Crippen molar-refractivity contribution in [2.45, 2.75) is 73.2 Å². The molecule has 16 nitrogen and oxygen atoms in total. The van der Waals surface area contributed by atoms with E-state index in [9.17, 15) is 51.1 Å². The van der Waals surface area contributed by atoms with Crippen molar-refractivity contribution in [1.29, 1.82) is 0 Å². The highest BCUT2D eigenvalue weighted by molar-refractivity contribution is 5.61. The standard InChI is InChI=1S/C32H43O16/c1-4-16(32(42)30(41)28(39)26(37)20(10-35)48-32)24-22(14(8-33)15-11-45-12-21(44-3)23(15)24)13-5-6-17(18(7-13)43-2)46-31-29(40)27(38)25(36)19(9-34)47-31/h5-7,11-12,14,16,19-20,22,25-31,33-42H,1,4,8-10H2,2-3H3/t14?,16?,19-,20-,22?,25-,26-,27+,28+,29-,30-,31-,32?/m1/s1. The Bertz CT molecular complexity index is 1390. The van der Waals surface area contributed by atoms with Crippen molar-refractivity contribution in [2.24, 2.45) is 11.8 Å². The number of hydrogen-bond donors (Lipinski definition) is 10. The van der Waals surface area contributed by atoms with Crippen LogP contribution in [-0.4, -0.2) is 146 Å². The van der Waals surface area contributed by atoms with E-state index >= 15 is 0 Å². The third-order valence-electron chi connectivity index (χ3n) is 9.55. The van der Waals surface area contributed by atoms with Gasteiger partial charge >= 0.3 is 0 Å². The monoisotopic (exact) mass is 683 g/mol. The van der Waals surface area contributed by atoms with Crippen molar-refractivity contribution in [3.05, 3.63) is 65.7 Å². The zero-order valence-corrected chi connectivity index (χ0v) is 26.3. The topological polar surface area (TPSA) is 258 Å². The Morgan fingerprint density at radius 3 is 2.12 bits per heavy atom. The van der Waals surface area contributed by atoms with Gasteiger partial charge in [0.1, 0.15) is 55.1 Å². The number of aliphatic hydroxyl groups excluding tert-OH is 9. The molecule has 16 heteroatoms. The van der Waals surface area contributed by atoms with E-state index in [0.717, 1.165) is 0 Å². The average Bonchev–Trinajstić information content (AvgIpc) is 3.43. The van der Waals surface area contributed by atoms with Crippen molar-refractivity contribution < 1.29 is 79.5 Å². The Labute approximate surface area is 275 Å². The van der Waals surface area contributed by atoms with Gasteiger partial charge in [-0.2, -0.15) is 0 Å². The van der Waals surface area contributed by atoms with Gasteiger partial charge in [-0.05, 0) is 29.7 Å². The fourth-order valence-electron chi connectivity index (χ4n) is 7.04. The van der Waals surface area contributed by atoms with Crippen LogP contribution in [-0.2, 0) is 18.9 Å². The maximum absolute atomic E-state index is 12.0. The van der Waals surface area contributed by atoms with Crippen LogP contribution in [0.15, 0.2) is 53.2 Å². The molecule has 0 saturated carbocycles. The first-order chi connectivity index (χ1) is 22.9. The van der Waals surface area contributed by atoms with E-state index in [0.29, 0.717) is 22.3 Å². The number of allylic oxidation sites excluding steroid dienone is 1. The Balaban J connectivity index is 1.61. The van der Waals surface area contributed by atoms with Crippen LogP contribution >= 0.6 is 0 Å². The fraction of sp³-hybridized carbons (Fsp3) is 0.594. The summed E-state index contributed by atoms with van der Waals surface area (Å²) < 4.78 is 33.8. The van der Waals surface area contributed by atoms with Gasteiger partial charge in [-0.3, -0.25) is 0 Å². The molecule has 3 heterocycles. The van der Waals surface area contributed by atoms with Gasteiger partial charge in [0.25, 0.3) is 0 Å². The van der Waals surface area contributed by atoms with E-state index in [2.05, 4.69) is 6.92 Å². The number of methoxy groups -OCH3 is 2. The van der Waals surface area contributed by atoms with Crippen LogP contribution in [0.5, 0.6) is 11.5 Å². The summed E-state index contributed by atoms with van der Waals surface area (Å²) in [6.07, 6.45) is -12.3. The minimum Gasteiger partial charge on any atom is -0.493 e. The number of ether oxygens (including phenoxy) is 6. The summed E-state index contributed by atoms with van der Waals surface area (Å²) >= 11 is 0. The van der Waals surface area contributed by atoms with Crippen LogP contribution in [0.2, 0.25) is 0 Å². The van der Waals surface area contributed by atoms with Gasteiger partial charge in [0.05, 0.1) is 40.3 Å². The summed E-state index contributed by atoms with van der Waals surface area (Å²) in [5, 5.41) is 105. The van der Waals surface area contributed by atoms with Crippen molar-refractivity contribution >= 4 is 0 Å². The number of aliphatic hydroxyl groups is 10. The molecular weight excluding hydrogens is 640 g/mol. The highest BCUT2D eigenvalue weighted by Crippen LogP contribution is 2.57. The number of rotatable bonds is 11. The molecule has 267 valence electrons. The van der Waals surface area contributed by atoms with Gasteiger partial charge in [0.2, 0.25) is 12.1 Å². The van der Waals surface area contributed by atoms with E-state index in [1.165, 1.54) is 32.8 Å². The van der Waals surface area contributed by atoms with E-state index in [1.54, 1.807) is 12.1 Å². The summed E-state index contributed by atoms with van der Waals surface area (Å²) in [5.41, 5.74) is 1.72. The lowest BCUT2D eigenvalue weighted by Gasteiger charge is -2.50. The quantitative estimate of drug-likeness (QED) is 0.114. The maximum Gasteiger partial charge on any atom is 0.229 e. The molecule has 4 aliphatic rings. The molecule has 3 aliphatic heterocycles. The second-order valence-electron chi connectivity index (χ2n) is 12.1. The zero-order chi connectivity index (χ0) is 35.1. The Morgan fingerprint density at radius 2 is 1.52 bits per heavy atom. The molecule has 0 bridgehead atoms. The zero-order valence-electron chi connectivity index (χ0n) is 26.3. The highest BCUT2D eigenvalue weighted by Gasteiger charge is 2.59. The second kappa shape index (κ2) is 14.6. The van der Waals surface area contributed by atoms with Crippen molar-refractivity contribution in [3.8, 4) is 11.5 Å². The first kappa shape index (κ1) is 36.4. The molecule has 0 spiro atoms. The molecule has 10 N–H and O–H groups in total. The molecule has 2 fully saturated rings. The lowest BCUT2D eigenvalue weighted by Crippen LogP contribution is -2.68. The number of benzene rings is 1. The SMILES string of the molecule is [CH2]CC(C1=C2C(OC)=COC=C2C(CO)C1c1ccc(O[C@@H]2O[C@H](CO)[C@@H](O)[C@H](O)[C@H]2O)c(OC)c1)C1(O)O[C@H](CO)[C@@H](O)[C@H](O)[C@H]1O. The van der Waals surface area contributed by atoms with Crippen molar-refractivity contribution in [2.75, 3.05) is 34.0 Å². The third-order valence-corrected chi connectivity index (χ3v) is 9.55. The smallest absolute Gasteiger partial charge is 0.229 e. The van der Waals surface area contributed by atoms with Gasteiger partial charge in [-0.1, -0.05) is 13.0 Å². The minimum absolute atomic E-state index is 0.0389. The maximum atomic E-state index is 12.0. The van der Waals surface area contributed by atoms with E-state index in [4.69, 9.17) is 28.4 Å². The lowest BCUT2D eigenvalue weighted by molar-refractivity contribution is -0.364. The number of hydrogen-bond acceptors (Lipinski definition) is 16. The van der Waals surface area contributed by atoms with Crippen LogP contribution in [0.4, 0.5) is 0 Å². The van der Waals surface area contributed by atoms with E-state index < -0.39 is 98.5 Å². The molecule has 1 aliphatic carbocycles. The van der Waals surface area contributed by atoms with Gasteiger partial charge < -0.3 is 79.5 Å². The van der Waals surface area contributed by atoms with Gasteiger partial charge in [-0.15, -0.1) is 0 Å². The van der Waals surface area contributed by atoms with E-state index in [-0.39, 0.29) is 23.7 Å². The molecule has 0 amide bonds. The van der Waals surface area contributed by atoms with Gasteiger partial charge in [0.15, 0.2) is 17.3 Å². The molecule has 1 aromatic carbocycles. The molecule has 0 aromatic heterocycles. The molecular formula is C32H43O16. The Hall–Kier alpha value is -2.84. The first-order valence-electron chi connectivity index (χ1n) is 15.4. The molecule has 2 saturated heterocycles.